The van der Waals surface area contributed by atoms with Gasteiger partial charge < -0.3 is 0 Å². The minimum absolute atomic E-state index is 0.136. The van der Waals surface area contributed by atoms with Crippen molar-refractivity contribution < 1.29 is 8.42 Å². The average molecular weight is 367 g/mol. The lowest BCUT2D eigenvalue weighted by Gasteiger charge is -2.22. The largest absolute Gasteiger partial charge is 0.214 e. The van der Waals surface area contributed by atoms with Crippen LogP contribution in [-0.4, -0.2) is 30.4 Å². The van der Waals surface area contributed by atoms with Crippen molar-refractivity contribution in [2.75, 3.05) is 11.6 Å². The molecule has 1 aromatic rings. The fraction of sp³-hybridized carbons (Fsp3) is 0.538. The highest BCUT2D eigenvalue weighted by molar-refractivity contribution is 9.10. The molecule has 0 unspecified atom stereocenters. The van der Waals surface area contributed by atoms with E-state index in [9.17, 15) is 8.42 Å². The minimum Gasteiger partial charge on any atom is -0.212 e. The molecule has 0 bridgehead atoms. The highest BCUT2D eigenvalue weighted by atomic mass is 79.9. The number of hydrogen-bond donors (Lipinski definition) is 0. The molecular formula is C13H17BrClNO2S. The number of hydrogen-bond acceptors (Lipinski definition) is 2. The van der Waals surface area contributed by atoms with Gasteiger partial charge in [-0.1, -0.05) is 34.1 Å². The maximum absolute atomic E-state index is 12.3. The number of benzene rings is 1. The number of rotatable bonds is 7. The van der Waals surface area contributed by atoms with Crippen LogP contribution in [0.5, 0.6) is 0 Å². The van der Waals surface area contributed by atoms with Crippen LogP contribution in [-0.2, 0) is 16.6 Å². The Balaban J connectivity index is 2.15. The second-order valence-corrected chi connectivity index (χ2v) is 8.00. The molecule has 2 rings (SSSR count). The molecule has 0 heterocycles. The fourth-order valence-corrected chi connectivity index (χ4v) is 4.41. The summed E-state index contributed by atoms with van der Waals surface area (Å²) in [5.41, 5.74) is 1.00. The number of alkyl halides is 1. The maximum Gasteiger partial charge on any atom is 0.214 e. The molecule has 1 fully saturated rings. The first-order valence-electron chi connectivity index (χ1n) is 6.33. The SMILES string of the molecule is O=S(=O)(CCCCl)N(Cc1ccccc1Br)C1CC1. The minimum atomic E-state index is -3.21. The third-order valence-corrected chi connectivity index (χ3v) is 6.12. The van der Waals surface area contributed by atoms with E-state index in [-0.39, 0.29) is 11.8 Å². The van der Waals surface area contributed by atoms with Crippen LogP contribution in [0.3, 0.4) is 0 Å². The van der Waals surface area contributed by atoms with Crippen LogP contribution in [0, 0.1) is 0 Å². The molecule has 0 spiro atoms. The third-order valence-electron chi connectivity index (χ3n) is 3.13. The summed E-state index contributed by atoms with van der Waals surface area (Å²) in [6, 6.07) is 7.92. The molecule has 0 saturated heterocycles. The molecule has 0 aromatic heterocycles. The number of halogens is 2. The van der Waals surface area contributed by atoms with Gasteiger partial charge in [-0.3, -0.25) is 0 Å². The van der Waals surface area contributed by atoms with Crippen molar-refractivity contribution in [3.8, 4) is 0 Å². The van der Waals surface area contributed by atoms with Gasteiger partial charge in [0.05, 0.1) is 5.75 Å². The van der Waals surface area contributed by atoms with Gasteiger partial charge in [-0.25, -0.2) is 8.42 Å². The smallest absolute Gasteiger partial charge is 0.212 e. The summed E-state index contributed by atoms with van der Waals surface area (Å²) < 4.78 is 27.3. The van der Waals surface area contributed by atoms with E-state index in [1.54, 1.807) is 4.31 Å². The van der Waals surface area contributed by atoms with Crippen molar-refractivity contribution in [3.63, 3.8) is 0 Å². The van der Waals surface area contributed by atoms with Crippen molar-refractivity contribution in [2.45, 2.75) is 31.8 Å². The summed E-state index contributed by atoms with van der Waals surface area (Å²) >= 11 is 9.07. The Bertz CT molecular complexity index is 531. The summed E-state index contributed by atoms with van der Waals surface area (Å²) in [5.74, 6) is 0.518. The van der Waals surface area contributed by atoms with Gasteiger partial charge >= 0.3 is 0 Å². The van der Waals surface area contributed by atoms with Gasteiger partial charge in [0.1, 0.15) is 0 Å². The van der Waals surface area contributed by atoms with E-state index < -0.39 is 10.0 Å². The van der Waals surface area contributed by atoms with E-state index in [0.29, 0.717) is 18.8 Å². The molecule has 1 aliphatic rings. The Labute approximate surface area is 128 Å². The van der Waals surface area contributed by atoms with Gasteiger partial charge in [0.25, 0.3) is 0 Å². The van der Waals surface area contributed by atoms with Crippen LogP contribution in [0.25, 0.3) is 0 Å². The monoisotopic (exact) mass is 365 g/mol. The van der Waals surface area contributed by atoms with Gasteiger partial charge in [-0.2, -0.15) is 4.31 Å². The van der Waals surface area contributed by atoms with Gasteiger partial charge in [-0.05, 0) is 30.9 Å². The molecule has 19 heavy (non-hydrogen) atoms. The molecule has 0 atom stereocenters. The summed E-state index contributed by atoms with van der Waals surface area (Å²) in [5, 5.41) is 0. The van der Waals surface area contributed by atoms with Crippen molar-refractivity contribution in [3.05, 3.63) is 34.3 Å². The fourth-order valence-electron chi connectivity index (χ4n) is 1.97. The molecular weight excluding hydrogens is 350 g/mol. The lowest BCUT2D eigenvalue weighted by atomic mass is 10.2. The first-order valence-corrected chi connectivity index (χ1v) is 9.27. The van der Waals surface area contributed by atoms with Crippen molar-refractivity contribution in [1.82, 2.24) is 4.31 Å². The van der Waals surface area contributed by atoms with Crippen LogP contribution in [0.15, 0.2) is 28.7 Å². The summed E-state index contributed by atoms with van der Waals surface area (Å²) in [6.45, 7) is 0.441. The normalized spacial score (nSPS) is 15.9. The number of sulfonamides is 1. The van der Waals surface area contributed by atoms with Crippen molar-refractivity contribution in [1.29, 1.82) is 0 Å². The van der Waals surface area contributed by atoms with Crippen LogP contribution in [0.1, 0.15) is 24.8 Å². The molecule has 0 aliphatic heterocycles. The Hall–Kier alpha value is -0.100. The lowest BCUT2D eigenvalue weighted by molar-refractivity contribution is 0.398. The predicted octanol–water partition coefficient (Wildman–Crippen LogP) is 3.37. The lowest BCUT2D eigenvalue weighted by Crippen LogP contribution is -2.34. The second-order valence-electron chi connectivity index (χ2n) is 4.73. The van der Waals surface area contributed by atoms with Crippen LogP contribution >= 0.6 is 27.5 Å². The van der Waals surface area contributed by atoms with E-state index in [2.05, 4.69) is 15.9 Å². The molecule has 1 saturated carbocycles. The van der Waals surface area contributed by atoms with E-state index in [1.165, 1.54) is 0 Å². The van der Waals surface area contributed by atoms with Gasteiger partial charge in [0, 0.05) is 22.9 Å². The maximum atomic E-state index is 12.3. The van der Waals surface area contributed by atoms with Gasteiger partial charge in [0.2, 0.25) is 10.0 Å². The van der Waals surface area contributed by atoms with Crippen molar-refractivity contribution >= 4 is 37.6 Å². The molecule has 106 valence electrons. The average Bonchev–Trinajstić information content (AvgIpc) is 3.19. The molecule has 0 amide bonds. The van der Waals surface area contributed by atoms with Crippen LogP contribution in [0.2, 0.25) is 0 Å². The predicted molar refractivity (Wildman–Crippen MR) is 81.8 cm³/mol. The molecule has 0 N–H and O–H groups in total. The van der Waals surface area contributed by atoms with Gasteiger partial charge in [-0.15, -0.1) is 11.6 Å². The quantitative estimate of drug-likeness (QED) is 0.694. The van der Waals surface area contributed by atoms with E-state index in [0.717, 1.165) is 22.9 Å². The summed E-state index contributed by atoms with van der Waals surface area (Å²) in [6.07, 6.45) is 2.43. The Kier molecular flexibility index (Phi) is 5.29. The molecule has 1 aliphatic carbocycles. The zero-order valence-electron chi connectivity index (χ0n) is 10.6. The highest BCUT2D eigenvalue weighted by Gasteiger charge is 2.36. The molecule has 3 nitrogen and oxygen atoms in total. The van der Waals surface area contributed by atoms with E-state index in [1.807, 2.05) is 24.3 Å². The zero-order valence-corrected chi connectivity index (χ0v) is 13.7. The van der Waals surface area contributed by atoms with Crippen LogP contribution in [0.4, 0.5) is 0 Å². The van der Waals surface area contributed by atoms with Crippen LogP contribution < -0.4 is 0 Å². The Morgan fingerprint density at radius 3 is 2.58 bits per heavy atom. The zero-order chi connectivity index (χ0) is 13.9. The number of nitrogens with zero attached hydrogens (tertiary/aromatic N) is 1. The van der Waals surface area contributed by atoms with E-state index in [4.69, 9.17) is 11.6 Å². The van der Waals surface area contributed by atoms with Crippen molar-refractivity contribution in [2.24, 2.45) is 0 Å². The summed E-state index contributed by atoms with van der Waals surface area (Å²) in [4.78, 5) is 0. The Morgan fingerprint density at radius 2 is 2.00 bits per heavy atom. The first kappa shape index (κ1) is 15.3. The standard InChI is InChI=1S/C13H17BrClNO2S/c14-13-5-2-1-4-11(13)10-16(12-6-7-12)19(17,18)9-3-8-15/h1-2,4-5,12H,3,6-10H2. The van der Waals surface area contributed by atoms with Gasteiger partial charge in [0.15, 0.2) is 0 Å². The second kappa shape index (κ2) is 6.57. The first-order chi connectivity index (χ1) is 9.04. The topological polar surface area (TPSA) is 37.4 Å². The molecule has 6 heteroatoms. The van der Waals surface area contributed by atoms with E-state index >= 15 is 0 Å². The molecule has 0 radical (unpaired) electrons. The molecule has 1 aromatic carbocycles. The Morgan fingerprint density at radius 1 is 1.32 bits per heavy atom. The third kappa shape index (κ3) is 4.18. The summed E-state index contributed by atoms with van der Waals surface area (Å²) in [7, 11) is -3.21. The highest BCUT2D eigenvalue weighted by Crippen LogP contribution is 2.32.